The van der Waals surface area contributed by atoms with Crippen LogP contribution in [0.2, 0.25) is 0 Å². The minimum Gasteiger partial charge on any atom is -0.444 e. The lowest BCUT2D eigenvalue weighted by Gasteiger charge is -2.54. The summed E-state index contributed by atoms with van der Waals surface area (Å²) < 4.78 is 11.1. The van der Waals surface area contributed by atoms with Crippen molar-refractivity contribution >= 4 is 6.09 Å². The molecule has 1 aliphatic carbocycles. The molecule has 17 heavy (non-hydrogen) atoms. The number of carbonyl (C=O) groups excluding carboxylic acids is 1. The normalized spacial score (nSPS) is 32.0. The summed E-state index contributed by atoms with van der Waals surface area (Å²) in [5, 5.41) is 0. The highest BCUT2D eigenvalue weighted by Crippen LogP contribution is 2.40. The predicted octanol–water partition coefficient (Wildman–Crippen LogP) is 2.56. The van der Waals surface area contributed by atoms with E-state index in [4.69, 9.17) is 9.47 Å². The van der Waals surface area contributed by atoms with Crippen LogP contribution in [0, 0.1) is 0 Å². The van der Waals surface area contributed by atoms with E-state index in [2.05, 4.69) is 0 Å². The Morgan fingerprint density at radius 2 is 1.82 bits per heavy atom. The highest BCUT2D eigenvalue weighted by atomic mass is 16.6. The van der Waals surface area contributed by atoms with Crippen LogP contribution in [-0.2, 0) is 9.47 Å². The first-order chi connectivity index (χ1) is 7.90. The van der Waals surface area contributed by atoms with E-state index >= 15 is 0 Å². The molecule has 98 valence electrons. The lowest BCUT2D eigenvalue weighted by Crippen LogP contribution is -2.64. The van der Waals surface area contributed by atoms with Gasteiger partial charge < -0.3 is 14.4 Å². The van der Waals surface area contributed by atoms with Crippen LogP contribution >= 0.6 is 0 Å². The highest BCUT2D eigenvalue weighted by Gasteiger charge is 2.49. The summed E-state index contributed by atoms with van der Waals surface area (Å²) in [6.07, 6.45) is 3.21. The molecule has 2 saturated heterocycles. The van der Waals surface area contributed by atoms with Crippen LogP contribution in [0.4, 0.5) is 4.79 Å². The van der Waals surface area contributed by atoms with Gasteiger partial charge in [-0.15, -0.1) is 0 Å². The van der Waals surface area contributed by atoms with Gasteiger partial charge in [0.1, 0.15) is 5.60 Å². The number of fused-ring (bicyclic) bond motifs is 2. The molecular weight excluding hydrogens is 218 g/mol. The Balaban J connectivity index is 1.88. The third-order valence-corrected chi connectivity index (χ3v) is 3.41. The van der Waals surface area contributed by atoms with Gasteiger partial charge in [-0.2, -0.15) is 0 Å². The quantitative estimate of drug-likeness (QED) is 0.746. The Morgan fingerprint density at radius 1 is 1.24 bits per heavy atom. The molecular formula is C13H23NO3. The second kappa shape index (κ2) is 4.48. The predicted molar refractivity (Wildman–Crippen MR) is 64.9 cm³/mol. The van der Waals surface area contributed by atoms with Crippen LogP contribution in [-0.4, -0.2) is 41.4 Å². The van der Waals surface area contributed by atoms with Crippen molar-refractivity contribution in [2.75, 3.05) is 6.61 Å². The van der Waals surface area contributed by atoms with Gasteiger partial charge in [0.15, 0.2) is 0 Å². The molecule has 3 rings (SSSR count). The molecule has 0 radical (unpaired) electrons. The van der Waals surface area contributed by atoms with Gasteiger partial charge in [-0.25, -0.2) is 4.79 Å². The van der Waals surface area contributed by atoms with Crippen LogP contribution < -0.4 is 0 Å². The van der Waals surface area contributed by atoms with Crippen molar-refractivity contribution in [1.29, 1.82) is 0 Å². The van der Waals surface area contributed by atoms with Crippen molar-refractivity contribution in [2.45, 2.75) is 70.7 Å². The van der Waals surface area contributed by atoms with Crippen LogP contribution in [0.3, 0.4) is 0 Å². The number of piperidine rings is 1. The maximum Gasteiger partial charge on any atom is 0.410 e. The second-order valence-electron chi connectivity index (χ2n) is 5.98. The van der Waals surface area contributed by atoms with Crippen molar-refractivity contribution in [3.63, 3.8) is 0 Å². The minimum absolute atomic E-state index is 0.159. The lowest BCUT2D eigenvalue weighted by atomic mass is 9.78. The monoisotopic (exact) mass is 241 g/mol. The molecule has 4 heteroatoms. The minimum atomic E-state index is -0.402. The van der Waals surface area contributed by atoms with Gasteiger partial charge in [0.2, 0.25) is 0 Å². The molecule has 0 N–H and O–H groups in total. The van der Waals surface area contributed by atoms with E-state index < -0.39 is 5.60 Å². The van der Waals surface area contributed by atoms with Gasteiger partial charge >= 0.3 is 6.09 Å². The molecule has 2 aliphatic heterocycles. The van der Waals surface area contributed by atoms with Crippen molar-refractivity contribution in [1.82, 2.24) is 4.90 Å². The molecule has 2 bridgehead atoms. The maximum absolute atomic E-state index is 12.0. The number of nitrogens with zero attached hydrogens (tertiary/aromatic N) is 1. The van der Waals surface area contributed by atoms with Crippen molar-refractivity contribution in [3.05, 3.63) is 0 Å². The van der Waals surface area contributed by atoms with E-state index in [-0.39, 0.29) is 6.09 Å². The van der Waals surface area contributed by atoms with Gasteiger partial charge in [0.25, 0.3) is 0 Å². The van der Waals surface area contributed by atoms with Gasteiger partial charge in [0, 0.05) is 18.7 Å². The summed E-state index contributed by atoms with van der Waals surface area (Å²) in [6, 6.07) is 0.667. The fourth-order valence-electron chi connectivity index (χ4n) is 2.81. The molecule has 0 spiro atoms. The molecule has 2 heterocycles. The lowest BCUT2D eigenvalue weighted by molar-refractivity contribution is -0.101. The zero-order valence-electron chi connectivity index (χ0n) is 11.2. The Kier molecular flexibility index (Phi) is 3.34. The van der Waals surface area contributed by atoms with Crippen LogP contribution in [0.1, 0.15) is 47.0 Å². The van der Waals surface area contributed by atoms with E-state index in [9.17, 15) is 4.79 Å². The van der Waals surface area contributed by atoms with Crippen molar-refractivity contribution in [2.24, 2.45) is 0 Å². The highest BCUT2D eigenvalue weighted by molar-refractivity contribution is 5.70. The Labute approximate surface area is 103 Å². The van der Waals surface area contributed by atoms with E-state index in [1.807, 2.05) is 32.6 Å². The molecule has 2 unspecified atom stereocenters. The SMILES string of the molecule is CCOC1CC2CC(C1)N2C(=O)OC(C)(C)C. The number of hydrogen-bond donors (Lipinski definition) is 0. The first kappa shape index (κ1) is 12.7. The van der Waals surface area contributed by atoms with Crippen LogP contribution in [0.25, 0.3) is 0 Å². The average molecular weight is 241 g/mol. The molecule has 1 amide bonds. The van der Waals surface area contributed by atoms with Gasteiger partial charge in [-0.1, -0.05) is 0 Å². The Hall–Kier alpha value is -0.770. The third kappa shape index (κ3) is 2.73. The number of hydrogen-bond acceptors (Lipinski definition) is 3. The van der Waals surface area contributed by atoms with Gasteiger partial charge in [-0.05, 0) is 47.0 Å². The molecule has 0 aromatic rings. The summed E-state index contributed by atoms with van der Waals surface area (Å²) in [5.74, 6) is 0. The largest absolute Gasteiger partial charge is 0.444 e. The number of amides is 1. The number of carbonyl (C=O) groups is 1. The summed E-state index contributed by atoms with van der Waals surface area (Å²) >= 11 is 0. The molecule has 0 aromatic heterocycles. The zero-order valence-corrected chi connectivity index (χ0v) is 11.2. The average Bonchev–Trinajstić information content (AvgIpc) is 2.14. The van der Waals surface area contributed by atoms with Crippen LogP contribution in [0.5, 0.6) is 0 Å². The van der Waals surface area contributed by atoms with E-state index in [0.717, 1.165) is 25.9 Å². The fraction of sp³-hybridized carbons (Fsp3) is 0.923. The topological polar surface area (TPSA) is 38.8 Å². The molecule has 1 saturated carbocycles. The summed E-state index contributed by atoms with van der Waals surface area (Å²) in [6.45, 7) is 8.50. The third-order valence-electron chi connectivity index (χ3n) is 3.41. The zero-order chi connectivity index (χ0) is 12.6. The first-order valence-electron chi connectivity index (χ1n) is 6.53. The van der Waals surface area contributed by atoms with Crippen molar-refractivity contribution in [3.8, 4) is 0 Å². The molecule has 0 aromatic carbocycles. The second-order valence-corrected chi connectivity index (χ2v) is 5.98. The maximum atomic E-state index is 12.0. The molecule has 3 fully saturated rings. The van der Waals surface area contributed by atoms with E-state index in [0.29, 0.717) is 18.2 Å². The van der Waals surface area contributed by atoms with E-state index in [1.165, 1.54) is 0 Å². The smallest absolute Gasteiger partial charge is 0.410 e. The summed E-state index contributed by atoms with van der Waals surface area (Å²) in [4.78, 5) is 13.9. The fourth-order valence-corrected chi connectivity index (χ4v) is 2.81. The molecule has 4 nitrogen and oxygen atoms in total. The molecule has 2 atom stereocenters. The Morgan fingerprint density at radius 3 is 2.29 bits per heavy atom. The summed E-state index contributed by atoms with van der Waals surface area (Å²) in [5.41, 5.74) is -0.402. The Bertz CT molecular complexity index is 286. The standard InChI is InChI=1S/C13H23NO3/c1-5-16-11-7-9-6-10(8-11)14(9)12(15)17-13(2,3)4/h9-11H,5-8H2,1-4H3. The number of rotatable bonds is 2. The molecule has 3 aliphatic rings. The van der Waals surface area contributed by atoms with Gasteiger partial charge in [-0.3, -0.25) is 0 Å². The van der Waals surface area contributed by atoms with Gasteiger partial charge in [0.05, 0.1) is 6.10 Å². The van der Waals surface area contributed by atoms with Crippen LogP contribution in [0.15, 0.2) is 0 Å². The van der Waals surface area contributed by atoms with E-state index in [1.54, 1.807) is 0 Å². The van der Waals surface area contributed by atoms with Crippen molar-refractivity contribution < 1.29 is 14.3 Å². The summed E-state index contributed by atoms with van der Waals surface area (Å²) in [7, 11) is 0. The number of ether oxygens (including phenoxy) is 2. The first-order valence-corrected chi connectivity index (χ1v) is 6.53.